The van der Waals surface area contributed by atoms with Crippen molar-refractivity contribution >= 4 is 34.1 Å². The first-order valence-electron chi connectivity index (χ1n) is 10.1. The highest BCUT2D eigenvalue weighted by Crippen LogP contribution is 2.57. The topological polar surface area (TPSA) is 79.5 Å². The van der Waals surface area contributed by atoms with Crippen LogP contribution in [-0.4, -0.2) is 51.6 Å². The van der Waals surface area contributed by atoms with Crippen molar-refractivity contribution in [2.45, 2.75) is 52.1 Å². The average molecular weight is 410 g/mol. The minimum absolute atomic E-state index is 0.0325. The quantitative estimate of drug-likeness (QED) is 0.785. The van der Waals surface area contributed by atoms with E-state index in [4.69, 9.17) is 5.73 Å². The molecule has 0 unspecified atom stereocenters. The summed E-state index contributed by atoms with van der Waals surface area (Å²) >= 11 is 3.52. The third-order valence-corrected chi connectivity index (χ3v) is 9.14. The highest BCUT2D eigenvalue weighted by molar-refractivity contribution is 7.99. The lowest BCUT2D eigenvalue weighted by atomic mass is 9.53. The zero-order chi connectivity index (χ0) is 19.3. The van der Waals surface area contributed by atoms with Gasteiger partial charge in [0.15, 0.2) is 5.13 Å². The predicted octanol–water partition coefficient (Wildman–Crippen LogP) is 2.99. The van der Waals surface area contributed by atoms with Crippen LogP contribution in [0, 0.1) is 23.2 Å². The van der Waals surface area contributed by atoms with Gasteiger partial charge in [0.1, 0.15) is 0 Å². The third-order valence-electron chi connectivity index (χ3n) is 7.29. The largest absolute Gasteiger partial charge is 0.392 e. The van der Waals surface area contributed by atoms with Gasteiger partial charge >= 0.3 is 0 Å². The van der Waals surface area contributed by atoms with Crippen molar-refractivity contribution in [3.8, 4) is 0 Å². The van der Waals surface area contributed by atoms with Gasteiger partial charge in [-0.05, 0) is 36.5 Å². The highest BCUT2D eigenvalue weighted by atomic mass is 32.2. The summed E-state index contributed by atoms with van der Waals surface area (Å²) in [6, 6.07) is 0. The summed E-state index contributed by atoms with van der Waals surface area (Å²) in [6.07, 6.45) is 2.45. The second-order valence-corrected chi connectivity index (χ2v) is 11.3. The minimum Gasteiger partial charge on any atom is -0.392 e. The van der Waals surface area contributed by atoms with Crippen molar-refractivity contribution in [1.82, 2.24) is 9.88 Å². The van der Waals surface area contributed by atoms with Crippen LogP contribution in [-0.2, 0) is 11.2 Å². The first-order chi connectivity index (χ1) is 12.8. The monoisotopic (exact) mass is 409 g/mol. The molecule has 1 saturated heterocycles. The molecule has 1 amide bonds. The molecule has 5 nitrogen and oxygen atoms in total. The van der Waals surface area contributed by atoms with E-state index in [1.54, 1.807) is 11.3 Å². The van der Waals surface area contributed by atoms with E-state index in [9.17, 15) is 9.90 Å². The van der Waals surface area contributed by atoms with Gasteiger partial charge < -0.3 is 15.7 Å². The van der Waals surface area contributed by atoms with Crippen molar-refractivity contribution < 1.29 is 9.90 Å². The number of hydrogen-bond donors (Lipinski definition) is 2. The number of thioether (sulfide) groups is 1. The predicted molar refractivity (Wildman–Crippen MR) is 112 cm³/mol. The number of aromatic nitrogens is 1. The average Bonchev–Trinajstić information content (AvgIpc) is 3.01. The van der Waals surface area contributed by atoms with Crippen LogP contribution in [0.3, 0.4) is 0 Å². The Morgan fingerprint density at radius 3 is 2.81 bits per heavy atom. The Morgan fingerprint density at radius 2 is 2.11 bits per heavy atom. The second kappa shape index (κ2) is 7.23. The van der Waals surface area contributed by atoms with E-state index in [0.29, 0.717) is 5.13 Å². The summed E-state index contributed by atoms with van der Waals surface area (Å²) in [5, 5.41) is 12.1. The van der Waals surface area contributed by atoms with E-state index in [1.807, 2.05) is 23.6 Å². The summed E-state index contributed by atoms with van der Waals surface area (Å²) in [5.41, 5.74) is 7.12. The maximum Gasteiger partial charge on any atom is 0.225 e. The van der Waals surface area contributed by atoms with Crippen LogP contribution in [0.2, 0.25) is 0 Å². The number of nitrogens with zero attached hydrogens (tertiary/aromatic N) is 2. The van der Waals surface area contributed by atoms with Crippen LogP contribution >= 0.6 is 23.1 Å². The van der Waals surface area contributed by atoms with Gasteiger partial charge in [-0.2, -0.15) is 11.8 Å². The van der Waals surface area contributed by atoms with Gasteiger partial charge in [-0.25, -0.2) is 4.98 Å². The van der Waals surface area contributed by atoms with Crippen molar-refractivity contribution in [2.75, 3.05) is 30.3 Å². The number of nitrogens with two attached hydrogens (primary N) is 1. The number of anilines is 1. The lowest BCUT2D eigenvalue weighted by Crippen LogP contribution is -2.54. The molecule has 150 valence electrons. The number of hydrogen-bond acceptors (Lipinski definition) is 6. The number of carbonyl (C=O) groups is 1. The fourth-order valence-electron chi connectivity index (χ4n) is 5.82. The molecule has 1 aliphatic heterocycles. The molecule has 1 aromatic heterocycles. The lowest BCUT2D eigenvalue weighted by Gasteiger charge is -2.53. The van der Waals surface area contributed by atoms with Crippen molar-refractivity contribution in [3.63, 3.8) is 0 Å². The maximum atomic E-state index is 13.0. The number of nitrogen functional groups attached to an aromatic ring is 1. The Bertz CT molecular complexity index is 718. The molecule has 4 rings (SSSR count). The first-order valence-corrected chi connectivity index (χ1v) is 12.1. The van der Waals surface area contributed by atoms with Gasteiger partial charge in [-0.15, -0.1) is 11.3 Å². The molecule has 27 heavy (non-hydrogen) atoms. The van der Waals surface area contributed by atoms with Crippen LogP contribution in [0.15, 0.2) is 0 Å². The molecule has 1 aromatic rings. The fourth-order valence-corrected chi connectivity index (χ4v) is 7.86. The Balaban J connectivity index is 1.56. The molecular formula is C20H31N3O2S2. The molecule has 3 aliphatic rings. The Hall–Kier alpha value is -0.790. The number of amides is 1. The number of rotatable bonds is 2. The minimum atomic E-state index is -0.465. The molecule has 2 aliphatic carbocycles. The van der Waals surface area contributed by atoms with Crippen LogP contribution in [0.1, 0.15) is 50.1 Å². The van der Waals surface area contributed by atoms with Crippen molar-refractivity contribution in [1.29, 1.82) is 0 Å². The van der Waals surface area contributed by atoms with Crippen LogP contribution in [0.5, 0.6) is 0 Å². The third kappa shape index (κ3) is 3.29. The van der Waals surface area contributed by atoms with Gasteiger partial charge in [0.25, 0.3) is 0 Å². The molecule has 2 fully saturated rings. The number of aliphatic hydroxyl groups is 1. The molecule has 7 heteroatoms. The molecule has 3 N–H and O–H groups in total. The van der Waals surface area contributed by atoms with Gasteiger partial charge in [-0.1, -0.05) is 20.8 Å². The summed E-state index contributed by atoms with van der Waals surface area (Å²) < 4.78 is 0. The van der Waals surface area contributed by atoms with E-state index in [-0.39, 0.29) is 35.0 Å². The van der Waals surface area contributed by atoms with Crippen LogP contribution < -0.4 is 5.73 Å². The van der Waals surface area contributed by atoms with Gasteiger partial charge in [-0.3, -0.25) is 4.79 Å². The summed E-state index contributed by atoms with van der Waals surface area (Å²) in [4.78, 5) is 20.9. The Labute approximate surface area is 170 Å². The number of aliphatic hydroxyl groups excluding tert-OH is 1. The van der Waals surface area contributed by atoms with Crippen molar-refractivity contribution in [2.24, 2.45) is 23.2 Å². The summed E-state index contributed by atoms with van der Waals surface area (Å²) in [5.74, 6) is 2.50. The van der Waals surface area contributed by atoms with E-state index in [2.05, 4.69) is 18.8 Å². The molecule has 0 aromatic carbocycles. The van der Waals surface area contributed by atoms with E-state index >= 15 is 0 Å². The molecule has 6 atom stereocenters. The molecule has 1 saturated carbocycles. The highest BCUT2D eigenvalue weighted by Gasteiger charge is 2.54. The van der Waals surface area contributed by atoms with E-state index in [0.717, 1.165) is 49.6 Å². The zero-order valence-electron chi connectivity index (χ0n) is 16.5. The van der Waals surface area contributed by atoms with Crippen LogP contribution in [0.25, 0.3) is 0 Å². The van der Waals surface area contributed by atoms with Gasteiger partial charge in [0, 0.05) is 41.3 Å². The SMILES string of the molecule is C[C@H](C(=O)N1CCSCC1)[C@H]1CC[C@]2(C)Cc3sc(N)nc3[C@H](C)[C@@H]2[C@H]1O. The van der Waals surface area contributed by atoms with Crippen molar-refractivity contribution in [3.05, 3.63) is 10.6 Å². The Morgan fingerprint density at radius 1 is 1.41 bits per heavy atom. The van der Waals surface area contributed by atoms with E-state index in [1.165, 1.54) is 4.88 Å². The molecule has 0 radical (unpaired) electrons. The smallest absolute Gasteiger partial charge is 0.225 e. The number of carbonyl (C=O) groups excluding carboxylic acids is 1. The Kier molecular flexibility index (Phi) is 5.23. The second-order valence-electron chi connectivity index (χ2n) is 8.93. The summed E-state index contributed by atoms with van der Waals surface area (Å²) in [6.45, 7) is 8.20. The molecular weight excluding hydrogens is 378 g/mol. The maximum absolute atomic E-state index is 13.0. The summed E-state index contributed by atoms with van der Waals surface area (Å²) in [7, 11) is 0. The van der Waals surface area contributed by atoms with Gasteiger partial charge in [0.2, 0.25) is 5.91 Å². The lowest BCUT2D eigenvalue weighted by molar-refractivity contribution is -0.144. The van der Waals surface area contributed by atoms with Crippen LogP contribution in [0.4, 0.5) is 5.13 Å². The zero-order valence-corrected chi connectivity index (χ0v) is 18.1. The first kappa shape index (κ1) is 19.5. The normalized spacial score (nSPS) is 37.4. The fraction of sp³-hybridized carbons (Fsp3) is 0.800. The molecule has 0 bridgehead atoms. The van der Waals surface area contributed by atoms with Gasteiger partial charge in [0.05, 0.1) is 11.8 Å². The standard InChI is InChI=1S/C20H31N3O2S2/c1-11(18(25)23-6-8-26-9-7-23)13-4-5-20(3)10-14-16(22-19(21)27-14)12(2)15(20)17(13)24/h11-13,15,17,24H,4-10H2,1-3H3,(H2,21,22)/t11-,12+,13+,15+,17-,20+/m0/s1. The number of fused-ring (bicyclic) bond motifs is 2. The molecule has 0 spiro atoms. The number of thiazole rings is 1. The molecule has 2 heterocycles. The van der Waals surface area contributed by atoms with E-state index < -0.39 is 6.10 Å².